The van der Waals surface area contributed by atoms with E-state index in [-0.39, 0.29) is 17.2 Å². The summed E-state index contributed by atoms with van der Waals surface area (Å²) in [6.45, 7) is 3.97. The van der Waals surface area contributed by atoms with Crippen molar-refractivity contribution in [3.8, 4) is 5.69 Å². The van der Waals surface area contributed by atoms with Gasteiger partial charge < -0.3 is 5.73 Å². The third kappa shape index (κ3) is 1.60. The Hall–Kier alpha value is -2.04. The number of nitrogens with one attached hydrogen (secondary N) is 1. The highest BCUT2D eigenvalue weighted by Gasteiger charge is 2.14. The third-order valence-electron chi connectivity index (χ3n) is 2.45. The van der Waals surface area contributed by atoms with Crippen molar-refractivity contribution in [3.05, 3.63) is 40.6 Å². The van der Waals surface area contributed by atoms with E-state index in [1.54, 1.807) is 24.5 Å². The molecule has 3 N–H and O–H groups in total. The van der Waals surface area contributed by atoms with Crippen molar-refractivity contribution < 1.29 is 0 Å². The molecule has 84 valence electrons. The maximum absolute atomic E-state index is 11.9. The standard InChI is InChI=1S/C11H14N4O/c1-7(2)10-9(12)11(16)15(14-10)8-3-5-13-6-4-8/h3-7,14H,12H2,1-2H3. The van der Waals surface area contributed by atoms with Gasteiger partial charge in [-0.1, -0.05) is 13.8 Å². The van der Waals surface area contributed by atoms with Gasteiger partial charge in [0.2, 0.25) is 0 Å². The molecule has 2 aromatic heterocycles. The molecule has 0 radical (unpaired) electrons. The number of anilines is 1. The Morgan fingerprint density at radius 2 is 2.00 bits per heavy atom. The van der Waals surface area contributed by atoms with Crippen molar-refractivity contribution in [2.75, 3.05) is 5.73 Å². The quantitative estimate of drug-likeness (QED) is 0.796. The van der Waals surface area contributed by atoms with E-state index >= 15 is 0 Å². The Bertz CT molecular complexity index is 539. The van der Waals surface area contributed by atoms with Gasteiger partial charge in [0.1, 0.15) is 5.69 Å². The summed E-state index contributed by atoms with van der Waals surface area (Å²) in [5.74, 6) is 0.191. The molecule has 0 saturated heterocycles. The van der Waals surface area contributed by atoms with Gasteiger partial charge in [-0.25, -0.2) is 4.68 Å². The minimum absolute atomic E-state index is 0.191. The zero-order chi connectivity index (χ0) is 11.7. The van der Waals surface area contributed by atoms with Crippen LogP contribution < -0.4 is 11.3 Å². The number of aromatic nitrogens is 3. The number of nitrogens with zero attached hydrogens (tertiary/aromatic N) is 2. The van der Waals surface area contributed by atoms with E-state index in [2.05, 4.69) is 10.1 Å². The second kappa shape index (κ2) is 3.84. The fraction of sp³-hybridized carbons (Fsp3) is 0.273. The van der Waals surface area contributed by atoms with Gasteiger partial charge in [0.25, 0.3) is 5.56 Å². The Morgan fingerprint density at radius 3 is 2.50 bits per heavy atom. The molecular formula is C11H14N4O. The third-order valence-corrected chi connectivity index (χ3v) is 2.45. The summed E-state index contributed by atoms with van der Waals surface area (Å²) in [5.41, 5.74) is 7.33. The van der Waals surface area contributed by atoms with Gasteiger partial charge in [0, 0.05) is 12.4 Å². The molecule has 5 nitrogen and oxygen atoms in total. The van der Waals surface area contributed by atoms with Gasteiger partial charge >= 0.3 is 0 Å². The number of nitrogens with two attached hydrogens (primary N) is 1. The lowest BCUT2D eigenvalue weighted by molar-refractivity contribution is 0.760. The predicted octanol–water partition coefficient (Wildman–Crippen LogP) is 1.27. The van der Waals surface area contributed by atoms with Crippen LogP contribution in [0.15, 0.2) is 29.3 Å². The lowest BCUT2D eigenvalue weighted by Crippen LogP contribution is -2.16. The summed E-state index contributed by atoms with van der Waals surface area (Å²) in [6, 6.07) is 3.50. The van der Waals surface area contributed by atoms with Crippen molar-refractivity contribution in [1.29, 1.82) is 0 Å². The highest BCUT2D eigenvalue weighted by atomic mass is 16.1. The largest absolute Gasteiger partial charge is 0.393 e. The molecule has 2 rings (SSSR count). The Labute approximate surface area is 92.9 Å². The average Bonchev–Trinajstić information content (AvgIpc) is 2.58. The molecule has 0 amide bonds. The summed E-state index contributed by atoms with van der Waals surface area (Å²) in [5, 5.41) is 3.02. The van der Waals surface area contributed by atoms with Crippen LogP contribution >= 0.6 is 0 Å². The van der Waals surface area contributed by atoms with Crippen LogP contribution in [-0.4, -0.2) is 14.8 Å². The molecule has 0 aliphatic carbocycles. The molecule has 2 aromatic rings. The molecule has 0 atom stereocenters. The smallest absolute Gasteiger partial charge is 0.294 e. The maximum Gasteiger partial charge on any atom is 0.294 e. The first kappa shape index (κ1) is 10.5. The fourth-order valence-corrected chi connectivity index (χ4v) is 1.58. The summed E-state index contributed by atoms with van der Waals surface area (Å²) in [4.78, 5) is 15.8. The highest BCUT2D eigenvalue weighted by Crippen LogP contribution is 2.17. The number of rotatable bonds is 2. The predicted molar refractivity (Wildman–Crippen MR) is 62.7 cm³/mol. The fourth-order valence-electron chi connectivity index (χ4n) is 1.58. The number of nitrogen functional groups attached to an aromatic ring is 1. The van der Waals surface area contributed by atoms with E-state index in [9.17, 15) is 4.79 Å². The number of hydrogen-bond donors (Lipinski definition) is 2. The van der Waals surface area contributed by atoms with Crippen LogP contribution in [0.2, 0.25) is 0 Å². The van der Waals surface area contributed by atoms with Gasteiger partial charge in [-0.2, -0.15) is 0 Å². The van der Waals surface area contributed by atoms with Crippen molar-refractivity contribution in [2.45, 2.75) is 19.8 Å². The second-order valence-electron chi connectivity index (χ2n) is 3.94. The van der Waals surface area contributed by atoms with Crippen molar-refractivity contribution >= 4 is 5.69 Å². The molecule has 0 fully saturated rings. The minimum atomic E-state index is -0.213. The normalized spacial score (nSPS) is 10.9. The SMILES string of the molecule is CC(C)c1[nH]n(-c2ccncc2)c(=O)c1N. The van der Waals surface area contributed by atoms with Crippen LogP contribution in [0.25, 0.3) is 5.69 Å². The zero-order valence-electron chi connectivity index (χ0n) is 9.27. The molecule has 0 unspecified atom stereocenters. The monoisotopic (exact) mass is 218 g/mol. The summed E-state index contributed by atoms with van der Waals surface area (Å²) < 4.78 is 1.44. The number of H-pyrrole nitrogens is 1. The van der Waals surface area contributed by atoms with Crippen LogP contribution in [0.4, 0.5) is 5.69 Å². The van der Waals surface area contributed by atoms with Crippen molar-refractivity contribution in [2.24, 2.45) is 0 Å². The van der Waals surface area contributed by atoms with E-state index in [1.807, 2.05) is 13.8 Å². The summed E-state index contributed by atoms with van der Waals surface area (Å²) >= 11 is 0. The van der Waals surface area contributed by atoms with Crippen LogP contribution in [0.3, 0.4) is 0 Å². The number of aromatic amines is 1. The van der Waals surface area contributed by atoms with Gasteiger partial charge in [0.05, 0.1) is 11.4 Å². The molecular weight excluding hydrogens is 204 g/mol. The lowest BCUT2D eigenvalue weighted by atomic mass is 10.1. The molecule has 0 bridgehead atoms. The minimum Gasteiger partial charge on any atom is -0.393 e. The van der Waals surface area contributed by atoms with Crippen molar-refractivity contribution in [3.63, 3.8) is 0 Å². The molecule has 2 heterocycles. The Kier molecular flexibility index (Phi) is 2.52. The molecule has 16 heavy (non-hydrogen) atoms. The first-order chi connectivity index (χ1) is 7.61. The average molecular weight is 218 g/mol. The Morgan fingerprint density at radius 1 is 1.38 bits per heavy atom. The topological polar surface area (TPSA) is 76.7 Å². The summed E-state index contributed by atoms with van der Waals surface area (Å²) in [6.07, 6.45) is 3.27. The summed E-state index contributed by atoms with van der Waals surface area (Å²) in [7, 11) is 0. The van der Waals surface area contributed by atoms with E-state index in [0.717, 1.165) is 11.4 Å². The molecule has 0 spiro atoms. The van der Waals surface area contributed by atoms with Crippen molar-refractivity contribution in [1.82, 2.24) is 14.8 Å². The molecule has 0 aliphatic heterocycles. The van der Waals surface area contributed by atoms with Gasteiger partial charge in [-0.15, -0.1) is 0 Å². The lowest BCUT2D eigenvalue weighted by Gasteiger charge is -2.02. The van der Waals surface area contributed by atoms with Gasteiger partial charge in [-0.05, 0) is 18.1 Å². The Balaban J connectivity index is 2.60. The molecule has 5 heteroatoms. The molecule has 0 aliphatic rings. The van der Waals surface area contributed by atoms with Crippen LogP contribution in [0.1, 0.15) is 25.5 Å². The number of pyridine rings is 1. The number of hydrogen-bond acceptors (Lipinski definition) is 3. The highest BCUT2D eigenvalue weighted by molar-refractivity contribution is 5.45. The van der Waals surface area contributed by atoms with Gasteiger partial charge in [-0.3, -0.25) is 14.9 Å². The van der Waals surface area contributed by atoms with E-state index in [0.29, 0.717) is 0 Å². The van der Waals surface area contributed by atoms with Crippen LogP contribution in [0, 0.1) is 0 Å². The van der Waals surface area contributed by atoms with E-state index in [1.165, 1.54) is 4.68 Å². The van der Waals surface area contributed by atoms with Gasteiger partial charge in [0.15, 0.2) is 0 Å². The van der Waals surface area contributed by atoms with Crippen LogP contribution in [-0.2, 0) is 0 Å². The molecule has 0 aromatic carbocycles. The van der Waals surface area contributed by atoms with Crippen LogP contribution in [0.5, 0.6) is 0 Å². The zero-order valence-corrected chi connectivity index (χ0v) is 9.27. The van der Waals surface area contributed by atoms with E-state index in [4.69, 9.17) is 5.73 Å². The van der Waals surface area contributed by atoms with E-state index < -0.39 is 0 Å². The first-order valence-corrected chi connectivity index (χ1v) is 5.12. The second-order valence-corrected chi connectivity index (χ2v) is 3.94. The first-order valence-electron chi connectivity index (χ1n) is 5.12. The maximum atomic E-state index is 11.9. The molecule has 0 saturated carbocycles.